The average Bonchev–Trinajstić information content (AvgIpc) is 2.87. The molecule has 0 unspecified atom stereocenters. The SMILES string of the molecule is CC(C)n1cccc1C(=O)Nc1cccc(CC(=O)O)c1. The summed E-state index contributed by atoms with van der Waals surface area (Å²) in [5.74, 6) is -1.10. The van der Waals surface area contributed by atoms with Crippen LogP contribution >= 0.6 is 0 Å². The Balaban J connectivity index is 2.16. The number of rotatable bonds is 5. The summed E-state index contributed by atoms with van der Waals surface area (Å²) in [6.45, 7) is 4.01. The molecule has 2 aromatic rings. The topological polar surface area (TPSA) is 71.3 Å². The van der Waals surface area contributed by atoms with Gasteiger partial charge in [0.15, 0.2) is 0 Å². The Bertz CT molecular complexity index is 659. The van der Waals surface area contributed by atoms with E-state index in [1.165, 1.54) is 0 Å². The smallest absolute Gasteiger partial charge is 0.307 e. The van der Waals surface area contributed by atoms with E-state index in [4.69, 9.17) is 5.11 Å². The highest BCUT2D eigenvalue weighted by atomic mass is 16.4. The monoisotopic (exact) mass is 286 g/mol. The summed E-state index contributed by atoms with van der Waals surface area (Å²) in [5, 5.41) is 11.6. The maximum absolute atomic E-state index is 12.3. The van der Waals surface area contributed by atoms with Crippen molar-refractivity contribution < 1.29 is 14.7 Å². The van der Waals surface area contributed by atoms with Gasteiger partial charge in [-0.3, -0.25) is 9.59 Å². The van der Waals surface area contributed by atoms with Crippen molar-refractivity contribution in [3.63, 3.8) is 0 Å². The van der Waals surface area contributed by atoms with Gasteiger partial charge in [-0.15, -0.1) is 0 Å². The molecule has 1 aromatic heterocycles. The molecule has 0 fully saturated rings. The van der Waals surface area contributed by atoms with Crippen molar-refractivity contribution >= 4 is 17.6 Å². The molecule has 2 N–H and O–H groups in total. The third-order valence-electron chi connectivity index (χ3n) is 3.11. The predicted molar refractivity (Wildman–Crippen MR) is 80.6 cm³/mol. The van der Waals surface area contributed by atoms with Gasteiger partial charge in [-0.25, -0.2) is 0 Å². The van der Waals surface area contributed by atoms with Crippen LogP contribution in [-0.2, 0) is 11.2 Å². The molecule has 5 heteroatoms. The molecule has 1 heterocycles. The summed E-state index contributed by atoms with van der Waals surface area (Å²) < 4.78 is 1.89. The van der Waals surface area contributed by atoms with Gasteiger partial charge in [0.25, 0.3) is 5.91 Å². The maximum atomic E-state index is 12.3. The number of carboxylic acids is 1. The second-order valence-corrected chi connectivity index (χ2v) is 5.12. The number of carbonyl (C=O) groups excluding carboxylic acids is 1. The zero-order chi connectivity index (χ0) is 15.4. The van der Waals surface area contributed by atoms with Crippen molar-refractivity contribution in [1.29, 1.82) is 0 Å². The Hall–Kier alpha value is -2.56. The van der Waals surface area contributed by atoms with Crippen LogP contribution in [-0.4, -0.2) is 21.6 Å². The summed E-state index contributed by atoms with van der Waals surface area (Å²) >= 11 is 0. The fourth-order valence-corrected chi connectivity index (χ4v) is 2.17. The van der Waals surface area contributed by atoms with Crippen molar-refractivity contribution in [2.24, 2.45) is 0 Å². The van der Waals surface area contributed by atoms with Crippen LogP contribution in [0.25, 0.3) is 0 Å². The zero-order valence-corrected chi connectivity index (χ0v) is 12.0. The fourth-order valence-electron chi connectivity index (χ4n) is 2.17. The third kappa shape index (κ3) is 3.72. The Morgan fingerprint density at radius 2 is 2.00 bits per heavy atom. The highest BCUT2D eigenvalue weighted by molar-refractivity contribution is 6.03. The van der Waals surface area contributed by atoms with Crippen LogP contribution in [0.2, 0.25) is 0 Å². The molecular formula is C16H18N2O3. The van der Waals surface area contributed by atoms with Crippen LogP contribution in [0.3, 0.4) is 0 Å². The molecule has 110 valence electrons. The van der Waals surface area contributed by atoms with Crippen molar-refractivity contribution in [3.05, 3.63) is 53.9 Å². The van der Waals surface area contributed by atoms with Gasteiger partial charge < -0.3 is 15.0 Å². The molecule has 1 aromatic carbocycles. The number of benzene rings is 1. The first-order valence-corrected chi connectivity index (χ1v) is 6.76. The van der Waals surface area contributed by atoms with E-state index in [-0.39, 0.29) is 18.4 Å². The number of aliphatic carboxylic acids is 1. The molecule has 0 aliphatic carbocycles. The van der Waals surface area contributed by atoms with Gasteiger partial charge in [0.05, 0.1) is 6.42 Å². The number of nitrogens with one attached hydrogen (secondary N) is 1. The zero-order valence-electron chi connectivity index (χ0n) is 12.0. The van der Waals surface area contributed by atoms with Gasteiger partial charge in [0, 0.05) is 17.9 Å². The molecule has 21 heavy (non-hydrogen) atoms. The van der Waals surface area contributed by atoms with Gasteiger partial charge in [0.1, 0.15) is 5.69 Å². The normalized spacial score (nSPS) is 10.6. The van der Waals surface area contributed by atoms with E-state index >= 15 is 0 Å². The largest absolute Gasteiger partial charge is 0.481 e. The average molecular weight is 286 g/mol. The quantitative estimate of drug-likeness (QED) is 0.887. The van der Waals surface area contributed by atoms with Crippen LogP contribution in [0.1, 0.15) is 35.9 Å². The first kappa shape index (κ1) is 14.8. The van der Waals surface area contributed by atoms with Crippen LogP contribution in [0.5, 0.6) is 0 Å². The lowest BCUT2D eigenvalue weighted by molar-refractivity contribution is -0.136. The number of amides is 1. The highest BCUT2D eigenvalue weighted by Gasteiger charge is 2.13. The Morgan fingerprint density at radius 3 is 2.67 bits per heavy atom. The summed E-state index contributed by atoms with van der Waals surface area (Å²) in [4.78, 5) is 23.0. The summed E-state index contributed by atoms with van der Waals surface area (Å²) in [5.41, 5.74) is 1.82. The van der Waals surface area contributed by atoms with Gasteiger partial charge in [-0.05, 0) is 43.7 Å². The molecular weight excluding hydrogens is 268 g/mol. The Morgan fingerprint density at radius 1 is 1.24 bits per heavy atom. The van der Waals surface area contributed by atoms with Gasteiger partial charge in [-0.2, -0.15) is 0 Å². The lowest BCUT2D eigenvalue weighted by atomic mass is 10.1. The summed E-state index contributed by atoms with van der Waals surface area (Å²) in [6, 6.07) is 10.7. The van der Waals surface area contributed by atoms with Crippen molar-refractivity contribution in [2.45, 2.75) is 26.3 Å². The van der Waals surface area contributed by atoms with Crippen LogP contribution in [0.15, 0.2) is 42.6 Å². The molecule has 0 saturated heterocycles. The first-order chi connectivity index (χ1) is 9.97. The van der Waals surface area contributed by atoms with Crippen LogP contribution < -0.4 is 5.32 Å². The van der Waals surface area contributed by atoms with E-state index in [2.05, 4.69) is 5.32 Å². The van der Waals surface area contributed by atoms with Gasteiger partial charge in [0.2, 0.25) is 0 Å². The number of carbonyl (C=O) groups is 2. The minimum Gasteiger partial charge on any atom is -0.481 e. The van der Waals surface area contributed by atoms with E-state index < -0.39 is 5.97 Å². The number of hydrogen-bond donors (Lipinski definition) is 2. The lowest BCUT2D eigenvalue weighted by Crippen LogP contribution is -2.17. The molecule has 0 radical (unpaired) electrons. The Kier molecular flexibility index (Phi) is 4.42. The lowest BCUT2D eigenvalue weighted by Gasteiger charge is -2.13. The summed E-state index contributed by atoms with van der Waals surface area (Å²) in [7, 11) is 0. The second-order valence-electron chi connectivity index (χ2n) is 5.12. The van der Waals surface area contributed by atoms with Gasteiger partial charge in [-0.1, -0.05) is 12.1 Å². The minimum absolute atomic E-state index is 0.0634. The van der Waals surface area contributed by atoms with E-state index in [1.54, 1.807) is 30.3 Å². The molecule has 0 saturated carbocycles. The van der Waals surface area contributed by atoms with Crippen molar-refractivity contribution in [3.8, 4) is 0 Å². The molecule has 0 bridgehead atoms. The summed E-state index contributed by atoms with van der Waals surface area (Å²) in [6.07, 6.45) is 1.80. The van der Waals surface area contributed by atoms with Gasteiger partial charge >= 0.3 is 5.97 Å². The number of hydrogen-bond acceptors (Lipinski definition) is 2. The Labute approximate surface area is 123 Å². The molecule has 2 rings (SSSR count). The van der Waals surface area contributed by atoms with E-state index in [1.807, 2.05) is 30.7 Å². The standard InChI is InChI=1S/C16H18N2O3/c1-11(2)18-8-4-7-14(18)16(21)17-13-6-3-5-12(9-13)10-15(19)20/h3-9,11H,10H2,1-2H3,(H,17,21)(H,19,20). The van der Waals surface area contributed by atoms with E-state index in [0.717, 1.165) is 0 Å². The molecule has 0 atom stereocenters. The predicted octanol–water partition coefficient (Wildman–Crippen LogP) is 2.95. The molecule has 0 spiro atoms. The van der Waals surface area contributed by atoms with Crippen molar-refractivity contribution in [2.75, 3.05) is 5.32 Å². The maximum Gasteiger partial charge on any atom is 0.307 e. The molecule has 0 aliphatic rings. The van der Waals surface area contributed by atoms with Crippen LogP contribution in [0.4, 0.5) is 5.69 Å². The van der Waals surface area contributed by atoms with Crippen LogP contribution in [0, 0.1) is 0 Å². The first-order valence-electron chi connectivity index (χ1n) is 6.76. The van der Waals surface area contributed by atoms with E-state index in [0.29, 0.717) is 16.9 Å². The highest BCUT2D eigenvalue weighted by Crippen LogP contribution is 2.15. The number of anilines is 1. The molecule has 5 nitrogen and oxygen atoms in total. The molecule has 0 aliphatic heterocycles. The third-order valence-corrected chi connectivity index (χ3v) is 3.11. The number of nitrogens with zero attached hydrogens (tertiary/aromatic N) is 1. The minimum atomic E-state index is -0.896. The number of carboxylic acid groups (broad SMARTS) is 1. The molecule has 1 amide bonds. The fraction of sp³-hybridized carbons (Fsp3) is 0.250. The van der Waals surface area contributed by atoms with E-state index in [9.17, 15) is 9.59 Å². The number of aromatic nitrogens is 1. The van der Waals surface area contributed by atoms with Crippen molar-refractivity contribution in [1.82, 2.24) is 4.57 Å². The second kappa shape index (κ2) is 6.26.